The van der Waals surface area contributed by atoms with Crippen LogP contribution in [0.1, 0.15) is 12.5 Å². The molecule has 0 fully saturated rings. The van der Waals surface area contributed by atoms with Gasteiger partial charge in [-0.3, -0.25) is 0 Å². The van der Waals surface area contributed by atoms with Gasteiger partial charge >= 0.3 is 0 Å². The SMILES string of the molecule is CC(CO)(Nc1ccccc1F)c1c(F)cccc1F. The average molecular weight is 281 g/mol. The predicted octanol–water partition coefficient (Wildman–Crippen LogP) is 3.42. The zero-order valence-electron chi connectivity index (χ0n) is 10.8. The minimum atomic E-state index is -1.47. The molecule has 1 unspecified atom stereocenters. The van der Waals surface area contributed by atoms with Crippen LogP contribution in [-0.4, -0.2) is 11.7 Å². The normalized spacial score (nSPS) is 13.8. The molecule has 0 spiro atoms. The van der Waals surface area contributed by atoms with Crippen LogP contribution in [0.4, 0.5) is 18.9 Å². The molecule has 0 saturated carbocycles. The van der Waals surface area contributed by atoms with Crippen molar-refractivity contribution < 1.29 is 18.3 Å². The molecule has 2 aromatic rings. The molecule has 0 amide bonds. The second-order valence-electron chi connectivity index (χ2n) is 4.69. The van der Waals surface area contributed by atoms with Crippen LogP contribution in [0.2, 0.25) is 0 Å². The first-order valence-electron chi connectivity index (χ1n) is 6.06. The van der Waals surface area contributed by atoms with E-state index < -0.39 is 29.6 Å². The highest BCUT2D eigenvalue weighted by Gasteiger charge is 2.32. The van der Waals surface area contributed by atoms with Crippen LogP contribution in [0.5, 0.6) is 0 Å². The average Bonchev–Trinajstić information content (AvgIpc) is 2.41. The van der Waals surface area contributed by atoms with Crippen molar-refractivity contribution >= 4 is 5.69 Å². The number of hydrogen-bond donors (Lipinski definition) is 2. The molecule has 5 heteroatoms. The zero-order chi connectivity index (χ0) is 14.8. The number of para-hydroxylation sites is 1. The van der Waals surface area contributed by atoms with Crippen molar-refractivity contribution in [3.8, 4) is 0 Å². The molecule has 20 heavy (non-hydrogen) atoms. The van der Waals surface area contributed by atoms with Crippen molar-refractivity contribution in [2.45, 2.75) is 12.5 Å². The molecular formula is C15H14F3NO. The standard InChI is InChI=1S/C15H14F3NO/c1-15(9-20,14-11(17)6-4-7-12(14)18)19-13-8-3-2-5-10(13)16/h2-8,19-20H,9H2,1H3. The van der Waals surface area contributed by atoms with Gasteiger partial charge in [0.05, 0.1) is 23.4 Å². The highest BCUT2D eigenvalue weighted by Crippen LogP contribution is 2.30. The van der Waals surface area contributed by atoms with Crippen LogP contribution in [0.25, 0.3) is 0 Å². The van der Waals surface area contributed by atoms with Crippen molar-refractivity contribution in [2.24, 2.45) is 0 Å². The van der Waals surface area contributed by atoms with Gasteiger partial charge in [0.1, 0.15) is 17.5 Å². The quantitative estimate of drug-likeness (QED) is 0.900. The van der Waals surface area contributed by atoms with E-state index in [-0.39, 0.29) is 11.3 Å². The lowest BCUT2D eigenvalue weighted by molar-refractivity contribution is 0.216. The van der Waals surface area contributed by atoms with E-state index in [1.54, 1.807) is 6.07 Å². The fraction of sp³-hybridized carbons (Fsp3) is 0.200. The molecule has 106 valence electrons. The van der Waals surface area contributed by atoms with Crippen molar-refractivity contribution in [3.05, 3.63) is 65.5 Å². The Kier molecular flexibility index (Phi) is 3.99. The largest absolute Gasteiger partial charge is 0.394 e. The second-order valence-corrected chi connectivity index (χ2v) is 4.69. The Morgan fingerprint density at radius 2 is 1.50 bits per heavy atom. The maximum Gasteiger partial charge on any atom is 0.146 e. The summed E-state index contributed by atoms with van der Waals surface area (Å²) in [7, 11) is 0. The molecule has 0 heterocycles. The van der Waals surface area contributed by atoms with E-state index >= 15 is 0 Å². The summed E-state index contributed by atoms with van der Waals surface area (Å²) in [5.74, 6) is -2.17. The third kappa shape index (κ3) is 2.63. The Morgan fingerprint density at radius 1 is 0.950 bits per heavy atom. The molecule has 1 atom stereocenters. The fourth-order valence-electron chi connectivity index (χ4n) is 2.07. The Balaban J connectivity index is 2.47. The third-order valence-electron chi connectivity index (χ3n) is 3.12. The predicted molar refractivity (Wildman–Crippen MR) is 70.8 cm³/mol. The van der Waals surface area contributed by atoms with E-state index in [2.05, 4.69) is 5.32 Å². The number of benzene rings is 2. The molecule has 0 bridgehead atoms. The molecule has 2 aromatic carbocycles. The van der Waals surface area contributed by atoms with Gasteiger partial charge in [-0.05, 0) is 31.2 Å². The lowest BCUT2D eigenvalue weighted by Crippen LogP contribution is -2.38. The summed E-state index contributed by atoms with van der Waals surface area (Å²) < 4.78 is 41.3. The lowest BCUT2D eigenvalue weighted by Gasteiger charge is -2.31. The van der Waals surface area contributed by atoms with E-state index in [0.717, 1.165) is 12.1 Å². The molecule has 0 aliphatic carbocycles. The topological polar surface area (TPSA) is 32.3 Å². The number of nitrogens with one attached hydrogen (secondary N) is 1. The van der Waals surface area contributed by atoms with Crippen LogP contribution in [0.15, 0.2) is 42.5 Å². The van der Waals surface area contributed by atoms with Gasteiger partial charge in [0, 0.05) is 0 Å². The van der Waals surface area contributed by atoms with Crippen molar-refractivity contribution in [1.29, 1.82) is 0 Å². The van der Waals surface area contributed by atoms with E-state index in [0.29, 0.717) is 0 Å². The molecule has 2 rings (SSSR count). The minimum Gasteiger partial charge on any atom is -0.394 e. The summed E-state index contributed by atoms with van der Waals surface area (Å²) in [6.07, 6.45) is 0. The van der Waals surface area contributed by atoms with Crippen molar-refractivity contribution in [1.82, 2.24) is 0 Å². The number of aliphatic hydroxyl groups is 1. The van der Waals surface area contributed by atoms with Gasteiger partial charge in [0.15, 0.2) is 0 Å². The number of hydrogen-bond acceptors (Lipinski definition) is 2. The number of rotatable bonds is 4. The Morgan fingerprint density at radius 3 is 2.05 bits per heavy atom. The summed E-state index contributed by atoms with van der Waals surface area (Å²) >= 11 is 0. The summed E-state index contributed by atoms with van der Waals surface area (Å²) in [6, 6.07) is 9.15. The molecule has 2 nitrogen and oxygen atoms in total. The first-order valence-corrected chi connectivity index (χ1v) is 6.06. The molecular weight excluding hydrogens is 267 g/mol. The van der Waals surface area contributed by atoms with Gasteiger partial charge in [-0.1, -0.05) is 18.2 Å². The molecule has 0 aliphatic rings. The van der Waals surface area contributed by atoms with Gasteiger partial charge in [0.25, 0.3) is 0 Å². The lowest BCUT2D eigenvalue weighted by atomic mass is 9.91. The van der Waals surface area contributed by atoms with Crippen LogP contribution in [-0.2, 0) is 5.54 Å². The van der Waals surface area contributed by atoms with Crippen LogP contribution < -0.4 is 5.32 Å². The van der Waals surface area contributed by atoms with Crippen molar-refractivity contribution in [2.75, 3.05) is 11.9 Å². The van der Waals surface area contributed by atoms with Gasteiger partial charge in [-0.15, -0.1) is 0 Å². The summed E-state index contributed by atoms with van der Waals surface area (Å²) in [6.45, 7) is 0.806. The first kappa shape index (κ1) is 14.4. The monoisotopic (exact) mass is 281 g/mol. The fourth-order valence-corrected chi connectivity index (χ4v) is 2.07. The van der Waals surface area contributed by atoms with Crippen LogP contribution in [0, 0.1) is 17.5 Å². The summed E-state index contributed by atoms with van der Waals surface area (Å²) in [4.78, 5) is 0. The maximum absolute atomic E-state index is 13.9. The maximum atomic E-state index is 13.9. The van der Waals surface area contributed by atoms with Gasteiger partial charge in [0.2, 0.25) is 0 Å². The van der Waals surface area contributed by atoms with E-state index in [1.165, 1.54) is 31.2 Å². The van der Waals surface area contributed by atoms with Gasteiger partial charge in [-0.2, -0.15) is 0 Å². The molecule has 2 N–H and O–H groups in total. The Hall–Kier alpha value is -2.01. The van der Waals surface area contributed by atoms with E-state index in [9.17, 15) is 18.3 Å². The smallest absolute Gasteiger partial charge is 0.146 e. The number of anilines is 1. The minimum absolute atomic E-state index is 0.0618. The number of aliphatic hydroxyl groups excluding tert-OH is 1. The van der Waals surface area contributed by atoms with Gasteiger partial charge < -0.3 is 10.4 Å². The van der Waals surface area contributed by atoms with E-state index in [4.69, 9.17) is 0 Å². The highest BCUT2D eigenvalue weighted by atomic mass is 19.1. The summed E-state index contributed by atoms with van der Waals surface area (Å²) in [5.41, 5.74) is -1.74. The zero-order valence-corrected chi connectivity index (χ0v) is 10.8. The second kappa shape index (κ2) is 5.54. The molecule has 0 aliphatic heterocycles. The van der Waals surface area contributed by atoms with Crippen molar-refractivity contribution in [3.63, 3.8) is 0 Å². The Bertz CT molecular complexity index is 598. The van der Waals surface area contributed by atoms with Gasteiger partial charge in [-0.25, -0.2) is 13.2 Å². The third-order valence-corrected chi connectivity index (χ3v) is 3.12. The van der Waals surface area contributed by atoms with Crippen LogP contribution in [0.3, 0.4) is 0 Å². The van der Waals surface area contributed by atoms with E-state index in [1.807, 2.05) is 0 Å². The molecule has 0 aromatic heterocycles. The highest BCUT2D eigenvalue weighted by molar-refractivity contribution is 5.49. The summed E-state index contributed by atoms with van der Waals surface area (Å²) in [5, 5.41) is 12.2. The molecule has 0 radical (unpaired) electrons. The van der Waals surface area contributed by atoms with Crippen LogP contribution >= 0.6 is 0 Å². The Labute approximate surface area is 114 Å². The first-order chi connectivity index (χ1) is 9.48. The molecule has 0 saturated heterocycles. The number of halogens is 3.